The third-order valence-electron chi connectivity index (χ3n) is 0.694. The van der Waals surface area contributed by atoms with Crippen LogP contribution in [0.15, 0.2) is 24.5 Å². The predicted octanol–water partition coefficient (Wildman–Crippen LogP) is 0.873. The van der Waals surface area contributed by atoms with Gasteiger partial charge in [-0.05, 0) is 0 Å². The van der Waals surface area contributed by atoms with Crippen LogP contribution in [-0.2, 0) is 0 Å². The molecule has 0 spiro atoms. The lowest BCUT2D eigenvalue weighted by Crippen LogP contribution is -2.12. The number of halogens is 1. The first-order valence-electron chi connectivity index (χ1n) is 2.07. The van der Waals surface area contributed by atoms with Crippen LogP contribution in [0.1, 0.15) is 0 Å². The Morgan fingerprint density at radius 2 is 2.50 bits per heavy atom. The summed E-state index contributed by atoms with van der Waals surface area (Å²) in [5.74, 6) is 0.0440. The van der Waals surface area contributed by atoms with Crippen molar-refractivity contribution in [1.29, 1.82) is 0 Å². The van der Waals surface area contributed by atoms with Crippen molar-refractivity contribution in [3.05, 3.63) is 24.5 Å². The fourth-order valence-corrected chi connectivity index (χ4v) is 0.540. The van der Waals surface area contributed by atoms with Crippen LogP contribution in [0, 0.1) is 0 Å². The molecule has 1 rings (SSSR count). The van der Waals surface area contributed by atoms with E-state index in [2.05, 4.69) is 5.32 Å². The van der Waals surface area contributed by atoms with Crippen molar-refractivity contribution in [3.63, 3.8) is 0 Å². The molecular formula is C4H5ClN2O. The van der Waals surface area contributed by atoms with Crippen molar-refractivity contribution < 1.29 is 5.11 Å². The van der Waals surface area contributed by atoms with E-state index in [0.717, 1.165) is 0 Å². The Morgan fingerprint density at radius 1 is 1.75 bits per heavy atom. The maximum atomic E-state index is 8.65. The molecule has 0 saturated carbocycles. The molecule has 2 N–H and O–H groups in total. The van der Waals surface area contributed by atoms with Crippen LogP contribution in [0.4, 0.5) is 0 Å². The number of nitrogens with zero attached hydrogens (tertiary/aromatic N) is 1. The molecule has 0 fully saturated rings. The van der Waals surface area contributed by atoms with E-state index in [-0.39, 0.29) is 5.88 Å². The first kappa shape index (κ1) is 5.31. The summed E-state index contributed by atoms with van der Waals surface area (Å²) < 4.78 is 1.23. The molecule has 0 atom stereocenters. The Balaban J connectivity index is 2.60. The molecule has 1 aliphatic rings. The summed E-state index contributed by atoms with van der Waals surface area (Å²) in [6.07, 6.45) is 4.45. The number of aliphatic hydroxyl groups is 1. The Hall–Kier alpha value is -0.830. The molecule has 4 heteroatoms. The second-order valence-corrected chi connectivity index (χ2v) is 1.71. The average molecular weight is 133 g/mol. The number of nitrogens with one attached hydrogen (secondary N) is 1. The number of hydrogen-bond donors (Lipinski definition) is 2. The maximum Gasteiger partial charge on any atom is 0.206 e. The highest BCUT2D eigenvalue weighted by atomic mass is 35.5. The monoisotopic (exact) mass is 132 g/mol. The Labute approximate surface area is 52.0 Å². The lowest BCUT2D eigenvalue weighted by atomic mass is 10.7. The summed E-state index contributed by atoms with van der Waals surface area (Å²) in [5.41, 5.74) is 0. The van der Waals surface area contributed by atoms with Crippen LogP contribution in [0.3, 0.4) is 0 Å². The van der Waals surface area contributed by atoms with Gasteiger partial charge in [0.25, 0.3) is 0 Å². The quantitative estimate of drug-likeness (QED) is 0.480. The summed E-state index contributed by atoms with van der Waals surface area (Å²) in [7, 11) is 0. The zero-order valence-electron chi connectivity index (χ0n) is 4.00. The molecule has 0 aromatic heterocycles. The number of aliphatic hydroxyl groups excluding tert-OH is 1. The third kappa shape index (κ3) is 1.07. The fraction of sp³-hybridized carbons (Fsp3) is 0. The van der Waals surface area contributed by atoms with Gasteiger partial charge in [-0.3, -0.25) is 4.42 Å². The lowest BCUT2D eigenvalue weighted by Gasteiger charge is -2.09. The van der Waals surface area contributed by atoms with Gasteiger partial charge in [-0.1, -0.05) is 0 Å². The predicted molar refractivity (Wildman–Crippen MR) is 30.7 cm³/mol. The van der Waals surface area contributed by atoms with Gasteiger partial charge >= 0.3 is 0 Å². The van der Waals surface area contributed by atoms with Gasteiger partial charge in [0.15, 0.2) is 0 Å². The van der Waals surface area contributed by atoms with Gasteiger partial charge in [0.1, 0.15) is 0 Å². The largest absolute Gasteiger partial charge is 0.494 e. The van der Waals surface area contributed by atoms with Crippen LogP contribution >= 0.6 is 11.8 Å². The Morgan fingerprint density at radius 3 is 2.88 bits per heavy atom. The van der Waals surface area contributed by atoms with Crippen LogP contribution in [0.5, 0.6) is 0 Å². The minimum Gasteiger partial charge on any atom is -0.494 e. The van der Waals surface area contributed by atoms with Crippen molar-refractivity contribution in [2.75, 3.05) is 0 Å². The van der Waals surface area contributed by atoms with Gasteiger partial charge in [0.05, 0.1) is 6.20 Å². The van der Waals surface area contributed by atoms with Gasteiger partial charge in [0.2, 0.25) is 5.88 Å². The molecule has 0 bridgehead atoms. The van der Waals surface area contributed by atoms with Gasteiger partial charge in [0, 0.05) is 24.2 Å². The normalized spacial score (nSPS) is 17.6. The zero-order valence-corrected chi connectivity index (χ0v) is 4.76. The van der Waals surface area contributed by atoms with Crippen LogP contribution in [-0.4, -0.2) is 9.53 Å². The molecule has 44 valence electrons. The van der Waals surface area contributed by atoms with Crippen molar-refractivity contribution in [2.45, 2.75) is 0 Å². The SMILES string of the molecule is OC1=CN(Cl)C=CN1. The second kappa shape index (κ2) is 1.96. The summed E-state index contributed by atoms with van der Waals surface area (Å²) in [5, 5.41) is 11.2. The molecule has 3 nitrogen and oxygen atoms in total. The van der Waals surface area contributed by atoms with E-state index in [0.29, 0.717) is 0 Å². The van der Waals surface area contributed by atoms with E-state index in [9.17, 15) is 0 Å². The molecule has 0 amide bonds. The fourth-order valence-electron chi connectivity index (χ4n) is 0.391. The van der Waals surface area contributed by atoms with Gasteiger partial charge in [-0.25, -0.2) is 0 Å². The third-order valence-corrected chi connectivity index (χ3v) is 0.904. The molecule has 1 aliphatic heterocycles. The van der Waals surface area contributed by atoms with Crippen molar-refractivity contribution in [2.24, 2.45) is 0 Å². The molecule has 0 aromatic rings. The first-order valence-corrected chi connectivity index (χ1v) is 2.41. The van der Waals surface area contributed by atoms with Crippen molar-refractivity contribution in [3.8, 4) is 0 Å². The van der Waals surface area contributed by atoms with Gasteiger partial charge in [-0.2, -0.15) is 0 Å². The molecule has 0 saturated heterocycles. The highest BCUT2D eigenvalue weighted by molar-refractivity contribution is 6.14. The second-order valence-electron chi connectivity index (χ2n) is 1.32. The minimum atomic E-state index is 0.0440. The molecule has 0 radical (unpaired) electrons. The summed E-state index contributed by atoms with van der Waals surface area (Å²) >= 11 is 5.38. The first-order chi connectivity index (χ1) is 3.79. The lowest BCUT2D eigenvalue weighted by molar-refractivity contribution is 0.367. The smallest absolute Gasteiger partial charge is 0.206 e. The van der Waals surface area contributed by atoms with E-state index < -0.39 is 0 Å². The molecule has 0 unspecified atom stereocenters. The van der Waals surface area contributed by atoms with E-state index in [1.807, 2.05) is 0 Å². The van der Waals surface area contributed by atoms with Gasteiger partial charge < -0.3 is 10.4 Å². The minimum absolute atomic E-state index is 0.0440. The van der Waals surface area contributed by atoms with Crippen LogP contribution < -0.4 is 5.32 Å². The molecular weight excluding hydrogens is 128 g/mol. The van der Waals surface area contributed by atoms with E-state index >= 15 is 0 Å². The van der Waals surface area contributed by atoms with Crippen LogP contribution in [0.25, 0.3) is 0 Å². The van der Waals surface area contributed by atoms with E-state index in [1.54, 1.807) is 6.20 Å². The van der Waals surface area contributed by atoms with Crippen molar-refractivity contribution >= 4 is 11.8 Å². The number of hydrogen-bond acceptors (Lipinski definition) is 3. The molecule has 0 aliphatic carbocycles. The maximum absolute atomic E-state index is 8.65. The standard InChI is InChI=1S/C4H5ClN2O/c5-7-2-1-6-4(8)3-7/h1-3,6,8H. The highest BCUT2D eigenvalue weighted by Crippen LogP contribution is 2.01. The summed E-state index contributed by atoms with van der Waals surface area (Å²) in [4.78, 5) is 0. The van der Waals surface area contributed by atoms with E-state index in [1.165, 1.54) is 16.8 Å². The van der Waals surface area contributed by atoms with Crippen LogP contribution in [0.2, 0.25) is 0 Å². The van der Waals surface area contributed by atoms with E-state index in [4.69, 9.17) is 16.9 Å². The Kier molecular flexibility index (Phi) is 1.30. The summed E-state index contributed by atoms with van der Waals surface area (Å²) in [6, 6.07) is 0. The highest BCUT2D eigenvalue weighted by Gasteiger charge is 1.96. The zero-order chi connectivity index (χ0) is 5.98. The topological polar surface area (TPSA) is 35.5 Å². The summed E-state index contributed by atoms with van der Waals surface area (Å²) in [6.45, 7) is 0. The molecule has 1 heterocycles. The van der Waals surface area contributed by atoms with Gasteiger partial charge in [-0.15, -0.1) is 0 Å². The molecule has 0 aromatic carbocycles. The van der Waals surface area contributed by atoms with Crippen molar-refractivity contribution in [1.82, 2.24) is 9.74 Å². The average Bonchev–Trinajstić information content (AvgIpc) is 1.64. The number of rotatable bonds is 0. The molecule has 8 heavy (non-hydrogen) atoms. The Bertz CT molecular complexity index is 143.